The number of rotatable bonds is 11. The van der Waals surface area contributed by atoms with Crippen molar-refractivity contribution in [2.45, 2.75) is 37.0 Å². The highest BCUT2D eigenvalue weighted by Gasteiger charge is 2.05. The molecule has 2 aromatic carbocycles. The Balaban J connectivity index is 1.78. The van der Waals surface area contributed by atoms with Gasteiger partial charge in [0.25, 0.3) is 0 Å². The molecule has 2 aromatic rings. The Morgan fingerprint density at radius 1 is 0.815 bits per heavy atom. The molecular formula is C22H29NO3S. The Labute approximate surface area is 162 Å². The molecule has 0 unspecified atom stereocenters. The number of hydrogen-bond donors (Lipinski definition) is 2. The second-order valence-corrected chi connectivity index (χ2v) is 8.73. The van der Waals surface area contributed by atoms with Crippen LogP contribution in [0.3, 0.4) is 0 Å². The highest BCUT2D eigenvalue weighted by Crippen LogP contribution is 2.15. The first-order valence-corrected chi connectivity index (χ1v) is 11.3. The van der Waals surface area contributed by atoms with Crippen LogP contribution < -0.4 is 5.32 Å². The van der Waals surface area contributed by atoms with Crippen molar-refractivity contribution < 1.29 is 13.5 Å². The average molecular weight is 388 g/mol. The third-order valence-corrected chi connectivity index (χ3v) is 5.48. The molecule has 27 heavy (non-hydrogen) atoms. The van der Waals surface area contributed by atoms with Crippen LogP contribution in [0.15, 0.2) is 53.4 Å². The number of aliphatic hydroxyl groups is 1. The smallest absolute Gasteiger partial charge is 0.175 e. The van der Waals surface area contributed by atoms with Crippen LogP contribution in [-0.2, 0) is 9.84 Å². The molecule has 0 saturated heterocycles. The van der Waals surface area contributed by atoms with Gasteiger partial charge < -0.3 is 10.4 Å². The molecule has 0 aliphatic carbocycles. The molecule has 0 bridgehead atoms. The number of benzene rings is 2. The van der Waals surface area contributed by atoms with E-state index in [0.29, 0.717) is 11.5 Å². The molecule has 0 spiro atoms. The second-order valence-electron chi connectivity index (χ2n) is 6.71. The van der Waals surface area contributed by atoms with Gasteiger partial charge in [0, 0.05) is 25.1 Å². The summed E-state index contributed by atoms with van der Waals surface area (Å²) >= 11 is 0. The van der Waals surface area contributed by atoms with Crippen molar-refractivity contribution in [1.29, 1.82) is 0 Å². The van der Waals surface area contributed by atoms with Gasteiger partial charge in [-0.1, -0.05) is 55.7 Å². The van der Waals surface area contributed by atoms with E-state index in [1.54, 1.807) is 12.1 Å². The largest absolute Gasteiger partial charge is 0.396 e. The summed E-state index contributed by atoms with van der Waals surface area (Å²) in [5, 5.41) is 12.2. The lowest BCUT2D eigenvalue weighted by Gasteiger charge is -2.06. The predicted octanol–water partition coefficient (Wildman–Crippen LogP) is 4.62. The maximum Gasteiger partial charge on any atom is 0.175 e. The van der Waals surface area contributed by atoms with Gasteiger partial charge in [-0.15, -0.1) is 0 Å². The van der Waals surface area contributed by atoms with Crippen LogP contribution in [-0.4, -0.2) is 32.9 Å². The van der Waals surface area contributed by atoms with E-state index in [9.17, 15) is 8.42 Å². The summed E-state index contributed by atoms with van der Waals surface area (Å²) in [7, 11) is -3.15. The molecule has 0 aliphatic heterocycles. The lowest BCUT2D eigenvalue weighted by molar-refractivity contribution is 0.282. The van der Waals surface area contributed by atoms with E-state index < -0.39 is 9.84 Å². The molecular weight excluding hydrogens is 358 g/mol. The van der Waals surface area contributed by atoms with Gasteiger partial charge in [-0.3, -0.25) is 0 Å². The number of aliphatic hydroxyl groups excluding tert-OH is 1. The fraction of sp³-hybridized carbons (Fsp3) is 0.364. The summed E-state index contributed by atoms with van der Waals surface area (Å²) < 4.78 is 23.0. The lowest BCUT2D eigenvalue weighted by atomic mass is 10.1. The predicted molar refractivity (Wildman–Crippen MR) is 114 cm³/mol. The van der Waals surface area contributed by atoms with Gasteiger partial charge >= 0.3 is 0 Å². The van der Waals surface area contributed by atoms with Gasteiger partial charge in [0.2, 0.25) is 0 Å². The molecule has 0 aliphatic rings. The first-order chi connectivity index (χ1) is 13.0. The van der Waals surface area contributed by atoms with Crippen molar-refractivity contribution in [3.8, 4) is 0 Å². The summed E-state index contributed by atoms with van der Waals surface area (Å²) in [5.41, 5.74) is 3.17. The fourth-order valence-corrected chi connectivity index (χ4v) is 3.36. The van der Waals surface area contributed by atoms with E-state index in [1.165, 1.54) is 19.1 Å². The van der Waals surface area contributed by atoms with Crippen molar-refractivity contribution in [2.24, 2.45) is 0 Å². The van der Waals surface area contributed by atoms with Gasteiger partial charge in [-0.05, 0) is 48.2 Å². The highest BCUT2D eigenvalue weighted by molar-refractivity contribution is 7.90. The monoisotopic (exact) mass is 387 g/mol. The molecule has 5 heteroatoms. The molecule has 0 amide bonds. The van der Waals surface area contributed by atoms with Crippen LogP contribution in [0.4, 0.5) is 5.69 Å². The Hall–Kier alpha value is -2.11. The lowest BCUT2D eigenvalue weighted by Crippen LogP contribution is -2.01. The van der Waals surface area contributed by atoms with Crippen LogP contribution in [0.2, 0.25) is 0 Å². The van der Waals surface area contributed by atoms with Crippen LogP contribution in [0.25, 0.3) is 12.2 Å². The number of sulfone groups is 1. The maximum absolute atomic E-state index is 11.5. The molecule has 0 fully saturated rings. The zero-order valence-corrected chi connectivity index (χ0v) is 16.7. The van der Waals surface area contributed by atoms with Crippen molar-refractivity contribution in [3.05, 3.63) is 59.7 Å². The molecule has 0 saturated carbocycles. The minimum absolute atomic E-state index is 0.297. The summed E-state index contributed by atoms with van der Waals surface area (Å²) in [6.45, 7) is 1.26. The Morgan fingerprint density at radius 2 is 1.33 bits per heavy atom. The van der Waals surface area contributed by atoms with Crippen LogP contribution in [0, 0.1) is 0 Å². The molecule has 0 heterocycles. The van der Waals surface area contributed by atoms with Gasteiger partial charge in [0.1, 0.15) is 0 Å². The topological polar surface area (TPSA) is 66.4 Å². The minimum Gasteiger partial charge on any atom is -0.396 e. The van der Waals surface area contributed by atoms with Crippen molar-refractivity contribution in [2.75, 3.05) is 24.7 Å². The third kappa shape index (κ3) is 7.97. The molecule has 0 atom stereocenters. The van der Waals surface area contributed by atoms with E-state index in [-0.39, 0.29) is 0 Å². The maximum atomic E-state index is 11.5. The van der Waals surface area contributed by atoms with Crippen molar-refractivity contribution in [3.63, 3.8) is 0 Å². The van der Waals surface area contributed by atoms with Crippen LogP contribution in [0.5, 0.6) is 0 Å². The number of anilines is 1. The van der Waals surface area contributed by atoms with E-state index in [1.807, 2.05) is 24.3 Å². The van der Waals surface area contributed by atoms with Crippen molar-refractivity contribution >= 4 is 27.7 Å². The minimum atomic E-state index is -3.15. The first kappa shape index (κ1) is 21.2. The Kier molecular flexibility index (Phi) is 8.55. The summed E-state index contributed by atoms with van der Waals surface area (Å²) in [6.07, 6.45) is 10.7. The van der Waals surface area contributed by atoms with E-state index >= 15 is 0 Å². The number of unbranched alkanes of at least 4 members (excludes halogenated alkanes) is 4. The van der Waals surface area contributed by atoms with Gasteiger partial charge in [-0.25, -0.2) is 8.42 Å². The third-order valence-electron chi connectivity index (χ3n) is 4.35. The molecule has 0 aromatic heterocycles. The first-order valence-electron chi connectivity index (χ1n) is 9.42. The zero-order chi connectivity index (χ0) is 19.5. The second kappa shape index (κ2) is 10.9. The normalized spacial score (nSPS) is 11.8. The Bertz CT molecular complexity index is 810. The number of hydrogen-bond acceptors (Lipinski definition) is 4. The summed E-state index contributed by atoms with van der Waals surface area (Å²) in [4.78, 5) is 0.337. The average Bonchev–Trinajstić information content (AvgIpc) is 2.66. The summed E-state index contributed by atoms with van der Waals surface area (Å²) in [5.74, 6) is 0. The van der Waals surface area contributed by atoms with Crippen molar-refractivity contribution in [1.82, 2.24) is 0 Å². The van der Waals surface area contributed by atoms with Gasteiger partial charge in [-0.2, -0.15) is 0 Å². The molecule has 2 rings (SSSR count). The fourth-order valence-electron chi connectivity index (χ4n) is 2.73. The quantitative estimate of drug-likeness (QED) is 0.436. The standard InChI is InChI=1S/C22H29NO3S/c1-27(25,26)22-15-11-20(12-16-22)8-7-19-9-13-21(14-10-19)23-17-5-3-2-4-6-18-24/h7-16,23-24H,2-6,17-18H2,1H3. The van der Waals surface area contributed by atoms with Gasteiger partial charge in [0.15, 0.2) is 9.84 Å². The number of nitrogens with one attached hydrogen (secondary N) is 1. The van der Waals surface area contributed by atoms with E-state index in [4.69, 9.17) is 5.11 Å². The molecule has 2 N–H and O–H groups in total. The van der Waals surface area contributed by atoms with Gasteiger partial charge in [0.05, 0.1) is 4.90 Å². The van der Waals surface area contributed by atoms with Crippen LogP contribution >= 0.6 is 0 Å². The molecule has 0 radical (unpaired) electrons. The highest BCUT2D eigenvalue weighted by atomic mass is 32.2. The SMILES string of the molecule is CS(=O)(=O)c1ccc(C=Cc2ccc(NCCCCCCCO)cc2)cc1. The van der Waals surface area contributed by atoms with E-state index in [0.717, 1.165) is 42.6 Å². The zero-order valence-electron chi connectivity index (χ0n) is 15.9. The molecule has 4 nitrogen and oxygen atoms in total. The molecule has 146 valence electrons. The summed E-state index contributed by atoms with van der Waals surface area (Å²) in [6, 6.07) is 15.1. The Morgan fingerprint density at radius 3 is 1.89 bits per heavy atom. The van der Waals surface area contributed by atoms with Crippen LogP contribution in [0.1, 0.15) is 43.2 Å². The van der Waals surface area contributed by atoms with E-state index in [2.05, 4.69) is 29.6 Å².